The van der Waals surface area contributed by atoms with Crippen LogP contribution in [0.25, 0.3) is 0 Å². The molecule has 0 N–H and O–H groups in total. The van der Waals surface area contributed by atoms with Gasteiger partial charge in [-0.1, -0.05) is 41.0 Å². The van der Waals surface area contributed by atoms with Crippen molar-refractivity contribution in [2.24, 2.45) is 52.3 Å². The van der Waals surface area contributed by atoms with E-state index in [2.05, 4.69) is 34.6 Å². The highest BCUT2D eigenvalue weighted by Crippen LogP contribution is 2.68. The third kappa shape index (κ3) is 2.29. The highest BCUT2D eigenvalue weighted by atomic mass is 14.6. The Balaban J connectivity index is 1.60. The summed E-state index contributed by atoms with van der Waals surface area (Å²) in [5.41, 5.74) is 1.38. The van der Waals surface area contributed by atoms with Crippen LogP contribution in [0.1, 0.15) is 92.4 Å². The number of hydrogen-bond donors (Lipinski definition) is 0. The molecule has 0 heterocycles. The molecule has 0 amide bonds. The molecule has 0 saturated heterocycles. The van der Waals surface area contributed by atoms with Crippen LogP contribution in [0.15, 0.2) is 0 Å². The van der Waals surface area contributed by atoms with E-state index in [-0.39, 0.29) is 0 Å². The van der Waals surface area contributed by atoms with Crippen molar-refractivity contribution < 1.29 is 0 Å². The molecule has 4 fully saturated rings. The Kier molecular flexibility index (Phi) is 3.94. The van der Waals surface area contributed by atoms with Crippen LogP contribution in [0.4, 0.5) is 0 Å². The Hall–Kier alpha value is 0. The molecule has 0 aromatic carbocycles. The molecule has 0 radical (unpaired) electrons. The predicted octanol–water partition coefficient (Wildman–Crippen LogP) is 6.94. The minimum absolute atomic E-state index is 0.681. The van der Waals surface area contributed by atoms with E-state index < -0.39 is 0 Å². The van der Waals surface area contributed by atoms with Gasteiger partial charge in [0.25, 0.3) is 0 Å². The SMILES string of the molecule is CC1CC[C@@]2(C)C(CC[C@H]3[C@@H]4CC[C@H](C(C)C)[C@@]4(C)CC[C@@H]32)C1. The van der Waals surface area contributed by atoms with E-state index in [1.54, 1.807) is 32.1 Å². The summed E-state index contributed by atoms with van der Waals surface area (Å²) in [6.45, 7) is 12.9. The fraction of sp³-hybridized carbons (Fsp3) is 1.00. The largest absolute Gasteiger partial charge is 0.0625 e. The molecule has 23 heavy (non-hydrogen) atoms. The van der Waals surface area contributed by atoms with E-state index in [4.69, 9.17) is 0 Å². The monoisotopic (exact) mass is 316 g/mol. The smallest absolute Gasteiger partial charge is 0.0264 e. The Morgan fingerprint density at radius 2 is 1.48 bits per heavy atom. The van der Waals surface area contributed by atoms with Crippen LogP contribution in [0.3, 0.4) is 0 Å². The predicted molar refractivity (Wildman–Crippen MR) is 99.2 cm³/mol. The number of fused-ring (bicyclic) bond motifs is 5. The molecular weight excluding hydrogens is 276 g/mol. The van der Waals surface area contributed by atoms with Crippen molar-refractivity contribution in [2.75, 3.05) is 0 Å². The second kappa shape index (κ2) is 5.50. The van der Waals surface area contributed by atoms with Gasteiger partial charge in [-0.05, 0) is 104 Å². The van der Waals surface area contributed by atoms with E-state index in [1.165, 1.54) is 25.7 Å². The summed E-state index contributed by atoms with van der Waals surface area (Å²) in [4.78, 5) is 0. The second-order valence-corrected chi connectivity index (χ2v) is 11.0. The maximum atomic E-state index is 2.72. The summed E-state index contributed by atoms with van der Waals surface area (Å²) in [6, 6.07) is 0. The molecule has 0 aliphatic heterocycles. The van der Waals surface area contributed by atoms with E-state index in [1.807, 2.05) is 0 Å². The van der Waals surface area contributed by atoms with Crippen LogP contribution in [0, 0.1) is 52.3 Å². The Bertz CT molecular complexity index is 451. The third-order valence-electron chi connectivity index (χ3n) is 9.81. The zero-order valence-corrected chi connectivity index (χ0v) is 16.4. The molecule has 0 bridgehead atoms. The normalized spacial score (nSPS) is 56.1. The van der Waals surface area contributed by atoms with Crippen molar-refractivity contribution in [3.05, 3.63) is 0 Å². The van der Waals surface area contributed by atoms with Crippen LogP contribution in [-0.4, -0.2) is 0 Å². The Morgan fingerprint density at radius 1 is 0.783 bits per heavy atom. The first kappa shape index (κ1) is 16.5. The Labute approximate surface area is 145 Å². The molecule has 4 aliphatic carbocycles. The van der Waals surface area contributed by atoms with Crippen molar-refractivity contribution in [1.82, 2.24) is 0 Å². The molecule has 132 valence electrons. The lowest BCUT2D eigenvalue weighted by atomic mass is 9.44. The van der Waals surface area contributed by atoms with Gasteiger partial charge in [0.15, 0.2) is 0 Å². The summed E-state index contributed by atoms with van der Waals surface area (Å²) in [5.74, 6) is 7.15. The van der Waals surface area contributed by atoms with Crippen molar-refractivity contribution in [1.29, 1.82) is 0 Å². The summed E-state index contributed by atoms with van der Waals surface area (Å²) >= 11 is 0. The van der Waals surface area contributed by atoms with Crippen molar-refractivity contribution in [3.8, 4) is 0 Å². The highest BCUT2D eigenvalue weighted by Gasteiger charge is 2.60. The summed E-state index contributed by atoms with van der Waals surface area (Å²) < 4.78 is 0. The van der Waals surface area contributed by atoms with Crippen LogP contribution in [0.5, 0.6) is 0 Å². The summed E-state index contributed by atoms with van der Waals surface area (Å²) in [6.07, 6.45) is 13.9. The fourth-order valence-corrected chi connectivity index (χ4v) is 8.61. The molecule has 0 spiro atoms. The van der Waals surface area contributed by atoms with Gasteiger partial charge < -0.3 is 0 Å². The maximum Gasteiger partial charge on any atom is -0.0264 e. The van der Waals surface area contributed by atoms with E-state index in [0.29, 0.717) is 10.8 Å². The topological polar surface area (TPSA) is 0 Å². The lowest BCUT2D eigenvalue weighted by Crippen LogP contribution is -2.53. The van der Waals surface area contributed by atoms with Gasteiger partial charge in [0.05, 0.1) is 0 Å². The van der Waals surface area contributed by atoms with Gasteiger partial charge in [-0.3, -0.25) is 0 Å². The molecule has 8 atom stereocenters. The zero-order valence-electron chi connectivity index (χ0n) is 16.4. The maximum absolute atomic E-state index is 2.72. The molecule has 2 unspecified atom stereocenters. The molecule has 4 rings (SSSR count). The average molecular weight is 317 g/mol. The molecule has 0 heteroatoms. The van der Waals surface area contributed by atoms with Crippen LogP contribution >= 0.6 is 0 Å². The van der Waals surface area contributed by atoms with Gasteiger partial charge in [0, 0.05) is 0 Å². The quantitative estimate of drug-likeness (QED) is 0.491. The minimum Gasteiger partial charge on any atom is -0.0625 e. The van der Waals surface area contributed by atoms with E-state index in [0.717, 1.165) is 41.4 Å². The lowest BCUT2D eigenvalue weighted by molar-refractivity contribution is -0.119. The number of rotatable bonds is 1. The Morgan fingerprint density at radius 3 is 2.22 bits per heavy atom. The molecular formula is C23H40. The van der Waals surface area contributed by atoms with Crippen molar-refractivity contribution in [2.45, 2.75) is 92.4 Å². The first-order valence-electron chi connectivity index (χ1n) is 10.9. The number of hydrogen-bond acceptors (Lipinski definition) is 0. The van der Waals surface area contributed by atoms with Crippen LogP contribution < -0.4 is 0 Å². The molecule has 0 aromatic heterocycles. The first-order valence-corrected chi connectivity index (χ1v) is 10.9. The van der Waals surface area contributed by atoms with Gasteiger partial charge in [0.1, 0.15) is 0 Å². The van der Waals surface area contributed by atoms with Crippen molar-refractivity contribution in [3.63, 3.8) is 0 Å². The lowest BCUT2D eigenvalue weighted by Gasteiger charge is -2.61. The first-order chi connectivity index (χ1) is 10.9. The average Bonchev–Trinajstić information content (AvgIpc) is 2.85. The van der Waals surface area contributed by atoms with Crippen LogP contribution in [0.2, 0.25) is 0 Å². The van der Waals surface area contributed by atoms with Gasteiger partial charge in [-0.15, -0.1) is 0 Å². The fourth-order valence-electron chi connectivity index (χ4n) is 8.61. The van der Waals surface area contributed by atoms with E-state index >= 15 is 0 Å². The molecule has 0 nitrogen and oxygen atoms in total. The second-order valence-electron chi connectivity index (χ2n) is 11.0. The molecule has 0 aromatic rings. The highest BCUT2D eigenvalue weighted by molar-refractivity contribution is 5.09. The van der Waals surface area contributed by atoms with Gasteiger partial charge in [-0.25, -0.2) is 0 Å². The van der Waals surface area contributed by atoms with Gasteiger partial charge >= 0.3 is 0 Å². The summed E-state index contributed by atoms with van der Waals surface area (Å²) in [7, 11) is 0. The summed E-state index contributed by atoms with van der Waals surface area (Å²) in [5, 5.41) is 0. The van der Waals surface area contributed by atoms with Gasteiger partial charge in [0.2, 0.25) is 0 Å². The van der Waals surface area contributed by atoms with Gasteiger partial charge in [-0.2, -0.15) is 0 Å². The minimum atomic E-state index is 0.681. The van der Waals surface area contributed by atoms with Crippen molar-refractivity contribution >= 4 is 0 Å². The molecule has 4 saturated carbocycles. The van der Waals surface area contributed by atoms with Crippen LogP contribution in [-0.2, 0) is 0 Å². The third-order valence-corrected chi connectivity index (χ3v) is 9.81. The standard InChI is InChI=1S/C23H40/c1-15(2)19-8-9-20-18-7-6-17-14-16(3)10-12-22(17,4)21(18)11-13-23(19,20)5/h15-21H,6-14H2,1-5H3/t16?,17?,18-,19+,20-,21-,22-,23+/m0/s1. The van der Waals surface area contributed by atoms with E-state index in [9.17, 15) is 0 Å². The molecule has 4 aliphatic rings. The zero-order chi connectivity index (χ0) is 16.4.